The Morgan fingerprint density at radius 1 is 0.537 bits per heavy atom. The second-order valence-electron chi connectivity index (χ2n) is 12.3. The number of aliphatic hydroxyl groups is 1. The van der Waals surface area contributed by atoms with Crippen LogP contribution in [0.25, 0.3) is 0 Å². The Kier molecular flexibility index (Phi) is 21.7. The van der Waals surface area contributed by atoms with Gasteiger partial charge in [0.2, 0.25) is 23.0 Å². The van der Waals surface area contributed by atoms with Gasteiger partial charge in [-0.2, -0.15) is 0 Å². The minimum Gasteiger partial charge on any atom is -0.457 e. The first-order valence-corrected chi connectivity index (χ1v) is 17.3. The van der Waals surface area contributed by atoms with Crippen LogP contribution < -0.4 is 0 Å². The number of hydrogen-bond acceptors (Lipinski definition) is 15. The molecule has 300 valence electrons. The maximum absolute atomic E-state index is 11.4. The molecule has 0 aliphatic rings. The summed E-state index contributed by atoms with van der Waals surface area (Å²) < 4.78 is 50.2. The summed E-state index contributed by atoms with van der Waals surface area (Å²) in [6, 6.07) is 13.0. The molecular formula is C39H54O15. The zero-order chi connectivity index (χ0) is 40.8. The van der Waals surface area contributed by atoms with E-state index in [1.165, 1.54) is 12.1 Å². The summed E-state index contributed by atoms with van der Waals surface area (Å²) in [5, 5.41) is 8.67. The molecule has 0 aliphatic carbocycles. The summed E-state index contributed by atoms with van der Waals surface area (Å²) in [5.41, 5.74) is 0. The number of carbonyl (C=O) groups excluding carboxylic acids is 4. The minimum atomic E-state index is -0.505. The number of hydrogen-bond donors (Lipinski definition) is 1. The Labute approximate surface area is 315 Å². The van der Waals surface area contributed by atoms with E-state index in [2.05, 4.69) is 0 Å². The van der Waals surface area contributed by atoms with Gasteiger partial charge in [0.25, 0.3) is 0 Å². The molecule has 4 heterocycles. The predicted octanol–water partition coefficient (Wildman–Crippen LogP) is 7.86. The van der Waals surface area contributed by atoms with E-state index < -0.39 is 23.9 Å². The molecule has 4 rings (SSSR count). The lowest BCUT2D eigenvalue weighted by atomic mass is 10.4. The second kappa shape index (κ2) is 25.0. The van der Waals surface area contributed by atoms with Gasteiger partial charge in [-0.3, -0.25) is 0 Å². The smallest absolute Gasteiger partial charge is 0.374 e. The zero-order valence-electron chi connectivity index (χ0n) is 32.9. The van der Waals surface area contributed by atoms with Gasteiger partial charge < -0.3 is 51.2 Å². The molecule has 4 aromatic rings. The highest BCUT2D eigenvalue weighted by Gasteiger charge is 2.16. The maximum atomic E-state index is 11.4. The molecule has 0 saturated heterocycles. The van der Waals surface area contributed by atoms with E-state index in [1.807, 2.05) is 6.92 Å². The Morgan fingerprint density at radius 3 is 1.17 bits per heavy atom. The largest absolute Gasteiger partial charge is 0.457 e. The first-order chi connectivity index (χ1) is 25.5. The lowest BCUT2D eigenvalue weighted by Crippen LogP contribution is -2.10. The average Bonchev–Trinajstić information content (AvgIpc) is 3.91. The Balaban J connectivity index is 0.000000361. The van der Waals surface area contributed by atoms with Crippen LogP contribution in [0.2, 0.25) is 0 Å². The minimum absolute atomic E-state index is 0.108. The second-order valence-corrected chi connectivity index (χ2v) is 12.3. The Bertz CT molecular complexity index is 1670. The first kappa shape index (κ1) is 46.9. The van der Waals surface area contributed by atoms with Crippen molar-refractivity contribution in [1.82, 2.24) is 0 Å². The van der Waals surface area contributed by atoms with Crippen molar-refractivity contribution < 1.29 is 70.4 Å². The van der Waals surface area contributed by atoms with Crippen LogP contribution in [0.4, 0.5) is 0 Å². The molecule has 4 aromatic heterocycles. The fourth-order valence-electron chi connectivity index (χ4n) is 3.68. The lowest BCUT2D eigenvalue weighted by Gasteiger charge is -2.05. The van der Waals surface area contributed by atoms with Crippen LogP contribution in [0.3, 0.4) is 0 Å². The molecule has 54 heavy (non-hydrogen) atoms. The molecule has 0 fully saturated rings. The van der Waals surface area contributed by atoms with E-state index in [-0.39, 0.29) is 54.1 Å². The van der Waals surface area contributed by atoms with Gasteiger partial charge in [-0.15, -0.1) is 0 Å². The molecule has 0 aromatic carbocycles. The van der Waals surface area contributed by atoms with Crippen molar-refractivity contribution in [3.05, 3.63) is 94.6 Å². The fraction of sp³-hybridized carbons (Fsp3) is 0.487. The van der Waals surface area contributed by atoms with Crippen LogP contribution in [0, 0.1) is 6.92 Å². The summed E-state index contributed by atoms with van der Waals surface area (Å²) in [5.74, 6) is 1.35. The standard InChI is InChI=1S/C11H16O4.C10H14O4.C9H12O4.C9H12O3/c1-4-13-7-9-5-6-10(15-9)11(12)14-8(2)3;1-7(2)13-10(11)9-5-4-8(14-9)6-12-3;1-6(2)12-9(11)8-4-3-7(5-10)13-8;1-6(2)11-9(10)8-5-4-7(3)12-8/h5-6,8H,4,7H2,1-3H3;4-5,7H,6H2,1-3H3;3-4,6,10H,5H2,1-2H3;4-6H,1-3H3. The maximum Gasteiger partial charge on any atom is 0.374 e. The number of esters is 4. The summed E-state index contributed by atoms with van der Waals surface area (Å²) >= 11 is 0. The summed E-state index contributed by atoms with van der Waals surface area (Å²) in [4.78, 5) is 45.0. The molecule has 0 saturated carbocycles. The molecule has 1 N–H and O–H groups in total. The predicted molar refractivity (Wildman–Crippen MR) is 194 cm³/mol. The van der Waals surface area contributed by atoms with Gasteiger partial charge in [-0.05, 0) is 118 Å². The molecule has 0 spiro atoms. The third kappa shape index (κ3) is 19.1. The SMILES string of the molecule is CC(C)OC(=O)c1ccc(CO)o1.CCOCc1ccc(C(=O)OC(C)C)o1.COCc1ccc(C(=O)OC(C)C)o1.Cc1ccc(C(=O)OC(C)C)o1. The van der Waals surface area contributed by atoms with E-state index in [0.29, 0.717) is 42.9 Å². The number of methoxy groups -OCH3 is 1. The van der Waals surface area contributed by atoms with E-state index in [4.69, 9.17) is 51.2 Å². The van der Waals surface area contributed by atoms with Crippen molar-refractivity contribution >= 4 is 23.9 Å². The van der Waals surface area contributed by atoms with Crippen molar-refractivity contribution in [2.75, 3.05) is 13.7 Å². The molecule has 0 amide bonds. The highest BCUT2D eigenvalue weighted by molar-refractivity contribution is 5.87. The average molecular weight is 763 g/mol. The first-order valence-electron chi connectivity index (χ1n) is 17.3. The van der Waals surface area contributed by atoms with Gasteiger partial charge in [0.05, 0.1) is 24.4 Å². The third-order valence-corrected chi connectivity index (χ3v) is 5.79. The molecule has 0 bridgehead atoms. The quantitative estimate of drug-likeness (QED) is 0.0961. The van der Waals surface area contributed by atoms with Crippen LogP contribution in [-0.4, -0.2) is 67.1 Å². The van der Waals surface area contributed by atoms with Crippen molar-refractivity contribution in [2.45, 2.75) is 113 Å². The molecule has 15 heteroatoms. The van der Waals surface area contributed by atoms with Crippen molar-refractivity contribution in [2.24, 2.45) is 0 Å². The van der Waals surface area contributed by atoms with E-state index in [1.54, 1.807) is 106 Å². The van der Waals surface area contributed by atoms with Gasteiger partial charge in [0.15, 0.2) is 0 Å². The highest BCUT2D eigenvalue weighted by atomic mass is 16.6. The third-order valence-electron chi connectivity index (χ3n) is 5.79. The normalized spacial score (nSPS) is 10.5. The van der Waals surface area contributed by atoms with Gasteiger partial charge >= 0.3 is 23.9 Å². The van der Waals surface area contributed by atoms with Crippen LogP contribution >= 0.6 is 0 Å². The molecule has 0 atom stereocenters. The van der Waals surface area contributed by atoms with Crippen LogP contribution in [0.15, 0.2) is 66.2 Å². The fourth-order valence-corrected chi connectivity index (χ4v) is 3.68. The Morgan fingerprint density at radius 2 is 0.870 bits per heavy atom. The number of rotatable bonds is 14. The molecule has 15 nitrogen and oxygen atoms in total. The molecule has 0 unspecified atom stereocenters. The number of furan rings is 4. The van der Waals surface area contributed by atoms with Crippen molar-refractivity contribution in [3.8, 4) is 0 Å². The molecular weight excluding hydrogens is 708 g/mol. The monoisotopic (exact) mass is 762 g/mol. The summed E-state index contributed by atoms with van der Waals surface area (Å²) in [6.07, 6.45) is -0.561. The van der Waals surface area contributed by atoms with Crippen LogP contribution in [-0.2, 0) is 48.2 Å². The zero-order valence-corrected chi connectivity index (χ0v) is 32.9. The van der Waals surface area contributed by atoms with Crippen molar-refractivity contribution in [3.63, 3.8) is 0 Å². The number of aryl methyl sites for hydroxylation is 1. The van der Waals surface area contributed by atoms with Gasteiger partial charge in [-0.25, -0.2) is 19.2 Å². The van der Waals surface area contributed by atoms with Gasteiger partial charge in [0, 0.05) is 13.7 Å². The lowest BCUT2D eigenvalue weighted by molar-refractivity contribution is 0.0324. The van der Waals surface area contributed by atoms with Gasteiger partial charge in [0.1, 0.15) is 42.9 Å². The number of aliphatic hydroxyl groups excluding tert-OH is 1. The molecule has 0 radical (unpaired) electrons. The Hall–Kier alpha value is -5.12. The summed E-state index contributed by atoms with van der Waals surface area (Å²) in [6.45, 7) is 19.1. The number of ether oxygens (including phenoxy) is 6. The summed E-state index contributed by atoms with van der Waals surface area (Å²) in [7, 11) is 1.56. The van der Waals surface area contributed by atoms with Crippen LogP contribution in [0.5, 0.6) is 0 Å². The van der Waals surface area contributed by atoms with Gasteiger partial charge in [-0.1, -0.05) is 0 Å². The van der Waals surface area contributed by atoms with Crippen LogP contribution in [0.1, 0.15) is 128 Å². The van der Waals surface area contributed by atoms with E-state index in [9.17, 15) is 19.2 Å². The highest BCUT2D eigenvalue weighted by Crippen LogP contribution is 2.13. The van der Waals surface area contributed by atoms with Crippen molar-refractivity contribution in [1.29, 1.82) is 0 Å². The van der Waals surface area contributed by atoms with E-state index >= 15 is 0 Å². The van der Waals surface area contributed by atoms with E-state index in [0.717, 1.165) is 0 Å². The molecule has 0 aliphatic heterocycles. The number of carbonyl (C=O) groups is 4. The topological polar surface area (TPSA) is 196 Å².